The highest BCUT2D eigenvalue weighted by molar-refractivity contribution is 7.09. The zero-order valence-corrected chi connectivity index (χ0v) is 12.7. The predicted molar refractivity (Wildman–Crippen MR) is 83.0 cm³/mol. The Bertz CT molecular complexity index is 759. The van der Waals surface area contributed by atoms with Gasteiger partial charge in [-0.25, -0.2) is 24.9 Å². The Kier molecular flexibility index (Phi) is 3.57. The molecule has 6 nitrogen and oxygen atoms in total. The average molecular weight is 310 g/mol. The van der Waals surface area contributed by atoms with E-state index in [0.29, 0.717) is 5.82 Å². The van der Waals surface area contributed by atoms with Crippen molar-refractivity contribution in [3.63, 3.8) is 0 Å². The maximum atomic E-state index is 4.68. The molecule has 110 valence electrons. The van der Waals surface area contributed by atoms with Gasteiger partial charge in [-0.05, 0) is 0 Å². The number of rotatable bonds is 3. The fourth-order valence-corrected chi connectivity index (χ4v) is 3.24. The molecule has 3 aromatic heterocycles. The number of hydrogen-bond acceptors (Lipinski definition) is 7. The van der Waals surface area contributed by atoms with Crippen LogP contribution in [0.2, 0.25) is 0 Å². The highest BCUT2D eigenvalue weighted by Crippen LogP contribution is 2.21. The lowest BCUT2D eigenvalue weighted by Crippen LogP contribution is -2.30. The standard InChI is InChI=1S/C15H14N6S/c1-3-21(9-14-18-2-4-22-14)8-12-7-19-15(20-13(1)12)11-5-16-10-17-6-11/h2,4-7,10H,1,3,8-9H2. The molecule has 4 heterocycles. The van der Waals surface area contributed by atoms with Gasteiger partial charge in [0.1, 0.15) is 11.3 Å². The molecule has 0 spiro atoms. The molecule has 0 fully saturated rings. The molecule has 0 atom stereocenters. The zero-order chi connectivity index (χ0) is 14.8. The second kappa shape index (κ2) is 5.86. The van der Waals surface area contributed by atoms with Gasteiger partial charge in [-0.1, -0.05) is 0 Å². The van der Waals surface area contributed by atoms with Crippen LogP contribution in [0.5, 0.6) is 0 Å². The molecule has 0 amide bonds. The SMILES string of the molecule is c1ncc(-c2ncc3c(n2)CCN(Cc2nccs2)C3)cn1. The molecule has 0 bridgehead atoms. The van der Waals surface area contributed by atoms with Crippen LogP contribution in [0.4, 0.5) is 0 Å². The van der Waals surface area contributed by atoms with Gasteiger partial charge in [-0.2, -0.15) is 0 Å². The van der Waals surface area contributed by atoms with Crippen molar-refractivity contribution in [2.24, 2.45) is 0 Å². The van der Waals surface area contributed by atoms with Gasteiger partial charge in [-0.3, -0.25) is 4.90 Å². The van der Waals surface area contributed by atoms with Crippen LogP contribution in [0.3, 0.4) is 0 Å². The zero-order valence-electron chi connectivity index (χ0n) is 11.9. The Balaban J connectivity index is 1.54. The Hall–Kier alpha value is -2.25. The Morgan fingerprint density at radius 3 is 2.86 bits per heavy atom. The topological polar surface area (TPSA) is 67.7 Å². The normalized spacial score (nSPS) is 14.7. The lowest BCUT2D eigenvalue weighted by molar-refractivity contribution is 0.242. The van der Waals surface area contributed by atoms with Crippen molar-refractivity contribution in [1.82, 2.24) is 29.8 Å². The van der Waals surface area contributed by atoms with Gasteiger partial charge < -0.3 is 0 Å². The summed E-state index contributed by atoms with van der Waals surface area (Å²) in [5.74, 6) is 0.702. The van der Waals surface area contributed by atoms with Gasteiger partial charge in [0.25, 0.3) is 0 Å². The number of nitrogens with zero attached hydrogens (tertiary/aromatic N) is 6. The summed E-state index contributed by atoms with van der Waals surface area (Å²) in [4.78, 5) is 23.9. The summed E-state index contributed by atoms with van der Waals surface area (Å²) < 4.78 is 0. The number of fused-ring (bicyclic) bond motifs is 1. The van der Waals surface area contributed by atoms with E-state index in [4.69, 9.17) is 0 Å². The maximum absolute atomic E-state index is 4.68. The van der Waals surface area contributed by atoms with Crippen LogP contribution >= 0.6 is 11.3 Å². The van der Waals surface area contributed by atoms with Crippen molar-refractivity contribution in [3.05, 3.63) is 52.8 Å². The van der Waals surface area contributed by atoms with Crippen molar-refractivity contribution in [1.29, 1.82) is 0 Å². The van der Waals surface area contributed by atoms with Crippen molar-refractivity contribution < 1.29 is 0 Å². The van der Waals surface area contributed by atoms with Crippen LogP contribution in [0.25, 0.3) is 11.4 Å². The molecule has 0 aromatic carbocycles. The van der Waals surface area contributed by atoms with Crippen molar-refractivity contribution >= 4 is 11.3 Å². The predicted octanol–water partition coefficient (Wildman–Crippen LogP) is 1.95. The molecule has 0 aliphatic carbocycles. The lowest BCUT2D eigenvalue weighted by atomic mass is 10.1. The molecule has 3 aromatic rings. The Labute approximate surface area is 131 Å². The third-order valence-electron chi connectivity index (χ3n) is 3.67. The summed E-state index contributed by atoms with van der Waals surface area (Å²) in [6.07, 6.45) is 9.72. The van der Waals surface area contributed by atoms with E-state index in [0.717, 1.165) is 42.3 Å². The van der Waals surface area contributed by atoms with Gasteiger partial charge >= 0.3 is 0 Å². The van der Waals surface area contributed by atoms with E-state index in [1.165, 1.54) is 11.9 Å². The first-order valence-electron chi connectivity index (χ1n) is 7.09. The summed E-state index contributed by atoms with van der Waals surface area (Å²) in [6, 6.07) is 0. The molecule has 0 saturated heterocycles. The molecule has 4 rings (SSSR count). The van der Waals surface area contributed by atoms with Crippen LogP contribution in [-0.4, -0.2) is 36.4 Å². The monoisotopic (exact) mass is 310 g/mol. The highest BCUT2D eigenvalue weighted by atomic mass is 32.1. The van der Waals surface area contributed by atoms with Crippen molar-refractivity contribution in [2.45, 2.75) is 19.5 Å². The third kappa shape index (κ3) is 2.72. The molecule has 0 radical (unpaired) electrons. The molecule has 0 saturated carbocycles. The summed E-state index contributed by atoms with van der Waals surface area (Å²) in [7, 11) is 0. The first kappa shape index (κ1) is 13.4. The van der Waals surface area contributed by atoms with E-state index in [-0.39, 0.29) is 0 Å². The van der Waals surface area contributed by atoms with Gasteiger partial charge in [0, 0.05) is 55.2 Å². The molecule has 0 unspecified atom stereocenters. The van der Waals surface area contributed by atoms with Crippen LogP contribution in [-0.2, 0) is 19.5 Å². The van der Waals surface area contributed by atoms with Crippen LogP contribution < -0.4 is 0 Å². The van der Waals surface area contributed by atoms with Crippen LogP contribution in [0.1, 0.15) is 16.3 Å². The minimum atomic E-state index is 0.702. The molecule has 7 heteroatoms. The first-order valence-corrected chi connectivity index (χ1v) is 7.97. The van der Waals surface area contributed by atoms with Gasteiger partial charge in [-0.15, -0.1) is 11.3 Å². The summed E-state index contributed by atoms with van der Waals surface area (Å²) >= 11 is 1.70. The second-order valence-electron chi connectivity index (χ2n) is 5.18. The molecular formula is C15H14N6S. The average Bonchev–Trinajstić information content (AvgIpc) is 3.08. The number of thiazole rings is 1. The third-order valence-corrected chi connectivity index (χ3v) is 4.44. The maximum Gasteiger partial charge on any atom is 0.162 e. The van der Waals surface area contributed by atoms with E-state index >= 15 is 0 Å². The molecule has 22 heavy (non-hydrogen) atoms. The summed E-state index contributed by atoms with van der Waals surface area (Å²) in [5.41, 5.74) is 3.18. The van der Waals surface area contributed by atoms with Crippen LogP contribution in [0.15, 0.2) is 36.5 Å². The van der Waals surface area contributed by atoms with E-state index < -0.39 is 0 Å². The van der Waals surface area contributed by atoms with Crippen LogP contribution in [0, 0.1) is 0 Å². The fourth-order valence-electron chi connectivity index (χ4n) is 2.59. The largest absolute Gasteiger partial charge is 0.292 e. The number of hydrogen-bond donors (Lipinski definition) is 0. The molecule has 0 N–H and O–H groups in total. The first-order chi connectivity index (χ1) is 10.9. The fraction of sp³-hybridized carbons (Fsp3) is 0.267. The Morgan fingerprint density at radius 2 is 2.05 bits per heavy atom. The highest BCUT2D eigenvalue weighted by Gasteiger charge is 2.19. The van der Waals surface area contributed by atoms with E-state index in [1.807, 2.05) is 17.8 Å². The Morgan fingerprint density at radius 1 is 1.14 bits per heavy atom. The lowest BCUT2D eigenvalue weighted by Gasteiger charge is -2.27. The summed E-state index contributed by atoms with van der Waals surface area (Å²) in [6.45, 7) is 2.76. The summed E-state index contributed by atoms with van der Waals surface area (Å²) in [5, 5.41) is 3.17. The number of aromatic nitrogens is 5. The van der Waals surface area contributed by atoms with Crippen molar-refractivity contribution in [3.8, 4) is 11.4 Å². The minimum absolute atomic E-state index is 0.702. The smallest absolute Gasteiger partial charge is 0.162 e. The minimum Gasteiger partial charge on any atom is -0.292 e. The molecular weight excluding hydrogens is 296 g/mol. The second-order valence-corrected chi connectivity index (χ2v) is 6.16. The van der Waals surface area contributed by atoms with E-state index in [1.54, 1.807) is 23.7 Å². The van der Waals surface area contributed by atoms with Gasteiger partial charge in [0.15, 0.2) is 5.82 Å². The quantitative estimate of drug-likeness (QED) is 0.736. The van der Waals surface area contributed by atoms with Gasteiger partial charge in [0.2, 0.25) is 0 Å². The molecule has 1 aliphatic rings. The molecule has 1 aliphatic heterocycles. The van der Waals surface area contributed by atoms with Crippen molar-refractivity contribution in [2.75, 3.05) is 6.54 Å². The van der Waals surface area contributed by atoms with E-state index in [9.17, 15) is 0 Å². The van der Waals surface area contributed by atoms with E-state index in [2.05, 4.69) is 29.8 Å². The van der Waals surface area contributed by atoms with Gasteiger partial charge in [0.05, 0.1) is 17.8 Å².